The van der Waals surface area contributed by atoms with Gasteiger partial charge >= 0.3 is 6.18 Å². The van der Waals surface area contributed by atoms with Gasteiger partial charge in [-0.15, -0.1) is 0 Å². The van der Waals surface area contributed by atoms with E-state index in [0.29, 0.717) is 12.4 Å². The topological polar surface area (TPSA) is 39.2 Å². The lowest BCUT2D eigenvalue weighted by atomic mass is 9.99. The number of hydrogen-bond acceptors (Lipinski definition) is 3. The van der Waals surface area contributed by atoms with E-state index in [-0.39, 0.29) is 5.56 Å². The lowest BCUT2D eigenvalue weighted by molar-refractivity contribution is -0.137. The van der Waals surface area contributed by atoms with Gasteiger partial charge in [-0.25, -0.2) is 0 Å². The monoisotopic (exact) mass is 295 g/mol. The summed E-state index contributed by atoms with van der Waals surface area (Å²) in [7, 11) is 0. The van der Waals surface area contributed by atoms with Crippen molar-refractivity contribution in [2.45, 2.75) is 13.1 Å². The zero-order valence-corrected chi connectivity index (χ0v) is 11.1. The minimum absolute atomic E-state index is 0.0534. The molecule has 3 nitrogen and oxygen atoms in total. The van der Waals surface area contributed by atoms with E-state index in [4.69, 9.17) is 4.74 Å². The summed E-state index contributed by atoms with van der Waals surface area (Å²) < 4.78 is 44.0. The molecule has 0 atom stereocenters. The number of benzene rings is 1. The van der Waals surface area contributed by atoms with Crippen LogP contribution in [0.3, 0.4) is 0 Å². The summed E-state index contributed by atoms with van der Waals surface area (Å²) in [6.07, 6.45) is -1.97. The summed E-state index contributed by atoms with van der Waals surface area (Å²) in [4.78, 5) is 16.1. The molecule has 0 amide bonds. The number of halogens is 3. The normalized spacial score (nSPS) is 11.2. The molecule has 110 valence electrons. The van der Waals surface area contributed by atoms with Crippen LogP contribution in [-0.2, 0) is 6.18 Å². The Hall–Kier alpha value is -2.37. The van der Waals surface area contributed by atoms with Crippen LogP contribution in [0.4, 0.5) is 13.2 Å². The van der Waals surface area contributed by atoms with Gasteiger partial charge in [0.05, 0.1) is 18.4 Å². The first kappa shape index (κ1) is 15.0. The van der Waals surface area contributed by atoms with Gasteiger partial charge in [-0.1, -0.05) is 18.2 Å². The van der Waals surface area contributed by atoms with Gasteiger partial charge in [0.15, 0.2) is 5.78 Å². The third-order valence-electron chi connectivity index (χ3n) is 2.76. The maximum Gasteiger partial charge on any atom is 0.417 e. The van der Waals surface area contributed by atoms with E-state index in [9.17, 15) is 18.0 Å². The minimum Gasteiger partial charge on any atom is -0.492 e. The number of rotatable bonds is 4. The number of hydrogen-bond donors (Lipinski definition) is 0. The minimum atomic E-state index is -4.59. The smallest absolute Gasteiger partial charge is 0.417 e. The molecule has 0 aliphatic heterocycles. The predicted octanol–water partition coefficient (Wildman–Crippen LogP) is 3.73. The highest BCUT2D eigenvalue weighted by Gasteiger charge is 2.35. The van der Waals surface area contributed by atoms with Gasteiger partial charge < -0.3 is 4.74 Å². The van der Waals surface area contributed by atoms with Crippen LogP contribution in [0.25, 0.3) is 0 Å². The Bertz CT molecular complexity index is 653. The summed E-state index contributed by atoms with van der Waals surface area (Å²) in [5.74, 6) is -0.398. The Balaban J connectivity index is 2.43. The first-order valence-electron chi connectivity index (χ1n) is 6.22. The molecule has 21 heavy (non-hydrogen) atoms. The van der Waals surface area contributed by atoms with Gasteiger partial charge in [0.1, 0.15) is 5.75 Å². The average Bonchev–Trinajstić information content (AvgIpc) is 2.46. The second kappa shape index (κ2) is 5.95. The Kier molecular flexibility index (Phi) is 4.26. The quantitative estimate of drug-likeness (QED) is 0.807. The van der Waals surface area contributed by atoms with Gasteiger partial charge in [0.2, 0.25) is 0 Å². The molecule has 1 heterocycles. The van der Waals surface area contributed by atoms with Crippen LogP contribution >= 0.6 is 0 Å². The fourth-order valence-electron chi connectivity index (χ4n) is 1.87. The Labute approximate surface area is 119 Å². The van der Waals surface area contributed by atoms with Crippen molar-refractivity contribution in [3.05, 3.63) is 59.4 Å². The van der Waals surface area contributed by atoms with Crippen LogP contribution in [0, 0.1) is 0 Å². The van der Waals surface area contributed by atoms with Crippen molar-refractivity contribution in [2.24, 2.45) is 0 Å². The molecule has 0 fully saturated rings. The average molecular weight is 295 g/mol. The van der Waals surface area contributed by atoms with Crippen LogP contribution in [0.2, 0.25) is 0 Å². The van der Waals surface area contributed by atoms with Crippen LogP contribution in [-0.4, -0.2) is 17.4 Å². The van der Waals surface area contributed by atoms with Crippen LogP contribution in [0.1, 0.15) is 28.4 Å². The molecule has 1 aromatic heterocycles. The maximum absolute atomic E-state index is 12.9. The zero-order valence-electron chi connectivity index (χ0n) is 11.1. The molecular formula is C15H12F3NO2. The summed E-state index contributed by atoms with van der Waals surface area (Å²) in [6, 6.07) is 6.05. The third-order valence-corrected chi connectivity index (χ3v) is 2.76. The largest absolute Gasteiger partial charge is 0.492 e. The predicted molar refractivity (Wildman–Crippen MR) is 70.3 cm³/mol. The number of alkyl halides is 3. The number of carbonyl (C=O) groups is 1. The van der Waals surface area contributed by atoms with Crippen LogP contribution < -0.4 is 4.74 Å². The fraction of sp³-hybridized carbons (Fsp3) is 0.200. The van der Waals surface area contributed by atoms with Gasteiger partial charge in [-0.2, -0.15) is 13.2 Å². The highest BCUT2D eigenvalue weighted by Crippen LogP contribution is 2.33. The molecule has 2 aromatic rings. The van der Waals surface area contributed by atoms with Crippen molar-refractivity contribution in [2.75, 3.05) is 6.61 Å². The first-order chi connectivity index (χ1) is 9.93. The molecule has 0 saturated heterocycles. The van der Waals surface area contributed by atoms with Crippen molar-refractivity contribution in [3.8, 4) is 5.75 Å². The molecule has 0 aliphatic rings. The van der Waals surface area contributed by atoms with E-state index >= 15 is 0 Å². The molecule has 0 unspecified atom stereocenters. The van der Waals surface area contributed by atoms with Crippen LogP contribution in [0.15, 0.2) is 42.7 Å². The van der Waals surface area contributed by atoms with Crippen LogP contribution in [0.5, 0.6) is 5.75 Å². The van der Waals surface area contributed by atoms with Crippen molar-refractivity contribution >= 4 is 5.78 Å². The number of ether oxygens (including phenoxy) is 1. The van der Waals surface area contributed by atoms with E-state index in [1.54, 1.807) is 6.92 Å². The number of nitrogens with zero attached hydrogens (tertiary/aromatic N) is 1. The highest BCUT2D eigenvalue weighted by atomic mass is 19.4. The zero-order chi connectivity index (χ0) is 15.5. The molecule has 0 spiro atoms. The van der Waals surface area contributed by atoms with E-state index in [2.05, 4.69) is 4.98 Å². The molecular weight excluding hydrogens is 283 g/mol. The van der Waals surface area contributed by atoms with E-state index in [1.807, 2.05) is 0 Å². The fourth-order valence-corrected chi connectivity index (χ4v) is 1.87. The van der Waals surface area contributed by atoms with Crippen molar-refractivity contribution < 1.29 is 22.7 Å². The highest BCUT2D eigenvalue weighted by molar-refractivity contribution is 6.10. The maximum atomic E-state index is 12.9. The Morgan fingerprint density at radius 1 is 1.24 bits per heavy atom. The molecule has 0 saturated carbocycles. The second-order valence-electron chi connectivity index (χ2n) is 4.21. The Morgan fingerprint density at radius 3 is 2.62 bits per heavy atom. The summed E-state index contributed by atoms with van der Waals surface area (Å²) in [5.41, 5.74) is -1.31. The molecule has 0 aliphatic carbocycles. The lowest BCUT2D eigenvalue weighted by Crippen LogP contribution is -2.14. The van der Waals surface area contributed by atoms with E-state index < -0.39 is 23.1 Å². The summed E-state index contributed by atoms with van der Waals surface area (Å²) >= 11 is 0. The van der Waals surface area contributed by atoms with Crippen molar-refractivity contribution in [3.63, 3.8) is 0 Å². The van der Waals surface area contributed by atoms with Gasteiger partial charge in [0.25, 0.3) is 0 Å². The number of pyridine rings is 1. The molecule has 0 radical (unpaired) electrons. The lowest BCUT2D eigenvalue weighted by Gasteiger charge is -2.12. The van der Waals surface area contributed by atoms with Crippen molar-refractivity contribution in [1.82, 2.24) is 4.98 Å². The standard InChI is InChI=1S/C15H12F3NO2/c1-2-21-11-7-10(8-19-9-11)14(20)12-5-3-4-6-13(12)15(16,17)18/h3-9H,2H2,1H3. The molecule has 6 heteroatoms. The molecule has 1 aromatic carbocycles. The van der Waals surface area contributed by atoms with Gasteiger partial charge in [-0.3, -0.25) is 9.78 Å². The summed E-state index contributed by atoms with van der Waals surface area (Å²) in [5, 5.41) is 0. The van der Waals surface area contributed by atoms with Gasteiger partial charge in [0, 0.05) is 17.3 Å². The SMILES string of the molecule is CCOc1cncc(C(=O)c2ccccc2C(F)(F)F)c1. The molecule has 0 N–H and O–H groups in total. The first-order valence-corrected chi connectivity index (χ1v) is 6.22. The Morgan fingerprint density at radius 2 is 1.95 bits per heavy atom. The molecule has 0 bridgehead atoms. The van der Waals surface area contributed by atoms with Gasteiger partial charge in [-0.05, 0) is 19.1 Å². The summed E-state index contributed by atoms with van der Waals surface area (Å²) in [6.45, 7) is 2.13. The number of ketones is 1. The number of aromatic nitrogens is 1. The van der Waals surface area contributed by atoms with E-state index in [0.717, 1.165) is 12.1 Å². The second-order valence-corrected chi connectivity index (χ2v) is 4.21. The van der Waals surface area contributed by atoms with Crippen molar-refractivity contribution in [1.29, 1.82) is 0 Å². The number of carbonyl (C=O) groups excluding carboxylic acids is 1. The molecule has 2 rings (SSSR count). The third kappa shape index (κ3) is 3.39. The van der Waals surface area contributed by atoms with E-state index in [1.165, 1.54) is 30.6 Å².